The molecule has 9 heteroatoms. The average Bonchev–Trinajstić information content (AvgIpc) is 3.15. The van der Waals surface area contributed by atoms with Crippen molar-refractivity contribution in [3.8, 4) is 0 Å². The van der Waals surface area contributed by atoms with E-state index in [9.17, 15) is 13.2 Å². The minimum Gasteiger partial charge on any atom is -0.377 e. The van der Waals surface area contributed by atoms with Gasteiger partial charge in [-0.2, -0.15) is 13.2 Å². The summed E-state index contributed by atoms with van der Waals surface area (Å²) in [6.07, 6.45) is -2.61. The number of ether oxygens (including phenoxy) is 1. The largest absolute Gasteiger partial charge is 0.434 e. The standard InChI is InChI=1S/C19H25F3N4OS/c1-2-23-18(25-12-17-26-16(14-28-17)19(20,21)22)24-10-6-7-11-27-13-15-8-4-3-5-9-15/h3-5,8-9,14H,2,6-7,10-13H2,1H3,(H2,23,24,25). The first kappa shape index (κ1) is 22.2. The van der Waals surface area contributed by atoms with Crippen molar-refractivity contribution < 1.29 is 17.9 Å². The van der Waals surface area contributed by atoms with E-state index >= 15 is 0 Å². The number of aromatic nitrogens is 1. The van der Waals surface area contributed by atoms with Crippen LogP contribution in [0.3, 0.4) is 0 Å². The third-order valence-electron chi connectivity index (χ3n) is 3.68. The lowest BCUT2D eigenvalue weighted by Crippen LogP contribution is -2.37. The summed E-state index contributed by atoms with van der Waals surface area (Å²) in [6, 6.07) is 10.0. The molecule has 1 aromatic carbocycles. The van der Waals surface area contributed by atoms with Crippen molar-refractivity contribution >= 4 is 17.3 Å². The molecule has 154 valence electrons. The molecular weight excluding hydrogens is 389 g/mol. The molecule has 0 radical (unpaired) electrons. The van der Waals surface area contributed by atoms with Gasteiger partial charge in [-0.15, -0.1) is 11.3 Å². The van der Waals surface area contributed by atoms with E-state index in [-0.39, 0.29) is 6.54 Å². The van der Waals surface area contributed by atoms with Gasteiger partial charge in [-0.25, -0.2) is 9.98 Å². The third kappa shape index (κ3) is 8.26. The molecule has 0 fully saturated rings. The Morgan fingerprint density at radius 2 is 1.96 bits per heavy atom. The quantitative estimate of drug-likeness (QED) is 0.347. The molecule has 0 spiro atoms. The zero-order chi connectivity index (χ0) is 20.2. The van der Waals surface area contributed by atoms with E-state index in [1.54, 1.807) is 0 Å². The Hall–Kier alpha value is -2.13. The van der Waals surface area contributed by atoms with Gasteiger partial charge < -0.3 is 15.4 Å². The predicted octanol–water partition coefficient (Wildman–Crippen LogP) is 4.21. The van der Waals surface area contributed by atoms with Gasteiger partial charge in [0, 0.05) is 25.1 Å². The van der Waals surface area contributed by atoms with Crippen LogP contribution in [-0.4, -0.2) is 30.6 Å². The molecule has 2 rings (SSSR count). The molecule has 0 unspecified atom stereocenters. The molecule has 0 amide bonds. The number of nitrogens with zero attached hydrogens (tertiary/aromatic N) is 2. The number of alkyl halides is 3. The normalized spacial score (nSPS) is 12.2. The fourth-order valence-corrected chi connectivity index (χ4v) is 3.03. The first-order valence-electron chi connectivity index (χ1n) is 9.14. The van der Waals surface area contributed by atoms with Gasteiger partial charge in [-0.05, 0) is 25.3 Å². The van der Waals surface area contributed by atoms with Gasteiger partial charge in [0.05, 0.1) is 13.2 Å². The van der Waals surface area contributed by atoms with Crippen LogP contribution in [-0.2, 0) is 24.1 Å². The number of halogens is 3. The maximum absolute atomic E-state index is 12.6. The van der Waals surface area contributed by atoms with E-state index in [1.807, 2.05) is 37.3 Å². The highest BCUT2D eigenvalue weighted by atomic mass is 32.1. The Morgan fingerprint density at radius 3 is 2.64 bits per heavy atom. The minimum absolute atomic E-state index is 0.107. The van der Waals surface area contributed by atoms with Crippen LogP contribution >= 0.6 is 11.3 Å². The maximum Gasteiger partial charge on any atom is 0.434 e. The Labute approximate surface area is 167 Å². The molecule has 2 aromatic rings. The van der Waals surface area contributed by atoms with Crippen LogP contribution in [0.5, 0.6) is 0 Å². The van der Waals surface area contributed by atoms with E-state index in [2.05, 4.69) is 20.6 Å². The van der Waals surface area contributed by atoms with E-state index in [0.29, 0.717) is 37.3 Å². The summed E-state index contributed by atoms with van der Waals surface area (Å²) in [5.41, 5.74) is 0.286. The Bertz CT molecular complexity index is 719. The second kappa shape index (κ2) is 11.7. The molecule has 1 aromatic heterocycles. The Morgan fingerprint density at radius 1 is 1.18 bits per heavy atom. The fraction of sp³-hybridized carbons (Fsp3) is 0.474. The molecule has 5 nitrogen and oxygen atoms in total. The van der Waals surface area contributed by atoms with Gasteiger partial charge in [0.1, 0.15) is 5.01 Å². The molecule has 1 heterocycles. The maximum atomic E-state index is 12.6. The number of guanidine groups is 1. The second-order valence-corrected chi connectivity index (χ2v) is 6.93. The number of thiazole rings is 1. The van der Waals surface area contributed by atoms with Crippen molar-refractivity contribution in [3.63, 3.8) is 0 Å². The van der Waals surface area contributed by atoms with Crippen LogP contribution in [0.2, 0.25) is 0 Å². The molecular formula is C19H25F3N4OS. The number of nitrogens with one attached hydrogen (secondary N) is 2. The Kier molecular flexibility index (Phi) is 9.22. The first-order chi connectivity index (χ1) is 13.5. The van der Waals surface area contributed by atoms with Crippen molar-refractivity contribution in [3.05, 3.63) is 52.0 Å². The summed E-state index contributed by atoms with van der Waals surface area (Å²) >= 11 is 0.962. The molecule has 0 aliphatic rings. The summed E-state index contributed by atoms with van der Waals surface area (Å²) in [5, 5.41) is 7.60. The van der Waals surface area contributed by atoms with Crippen LogP contribution < -0.4 is 10.6 Å². The minimum atomic E-state index is -4.41. The molecule has 0 saturated heterocycles. The SMILES string of the molecule is CCNC(=NCc1nc(C(F)(F)F)cs1)NCCCCOCc1ccccc1. The lowest BCUT2D eigenvalue weighted by atomic mass is 10.2. The summed E-state index contributed by atoms with van der Waals surface area (Å²) in [6.45, 7) is 4.68. The molecule has 0 aliphatic heterocycles. The second-order valence-electron chi connectivity index (χ2n) is 5.99. The summed E-state index contributed by atoms with van der Waals surface area (Å²) in [7, 11) is 0. The highest BCUT2D eigenvalue weighted by Crippen LogP contribution is 2.30. The highest BCUT2D eigenvalue weighted by Gasteiger charge is 2.33. The average molecular weight is 414 g/mol. The van der Waals surface area contributed by atoms with E-state index in [0.717, 1.165) is 35.1 Å². The molecule has 28 heavy (non-hydrogen) atoms. The van der Waals surface area contributed by atoms with Gasteiger partial charge in [-0.1, -0.05) is 30.3 Å². The molecule has 0 atom stereocenters. The Balaban J connectivity index is 1.66. The molecule has 0 aliphatic carbocycles. The van der Waals surface area contributed by atoms with Crippen LogP contribution in [0.1, 0.15) is 36.0 Å². The van der Waals surface area contributed by atoms with Crippen molar-refractivity contribution in [2.45, 2.75) is 39.1 Å². The monoisotopic (exact) mass is 414 g/mol. The predicted molar refractivity (Wildman–Crippen MR) is 105 cm³/mol. The zero-order valence-corrected chi connectivity index (χ0v) is 16.6. The summed E-state index contributed by atoms with van der Waals surface area (Å²) in [4.78, 5) is 7.88. The van der Waals surface area contributed by atoms with Crippen LogP contribution in [0.25, 0.3) is 0 Å². The van der Waals surface area contributed by atoms with Crippen LogP contribution in [0, 0.1) is 0 Å². The van der Waals surface area contributed by atoms with Crippen molar-refractivity contribution in [1.29, 1.82) is 0 Å². The van der Waals surface area contributed by atoms with Gasteiger partial charge in [0.2, 0.25) is 0 Å². The number of unbranched alkanes of at least 4 members (excludes halogenated alkanes) is 1. The number of benzene rings is 1. The number of aliphatic imine (C=N–C) groups is 1. The van der Waals surface area contributed by atoms with Crippen LogP contribution in [0.15, 0.2) is 40.7 Å². The number of hydrogen-bond donors (Lipinski definition) is 2. The third-order valence-corrected chi connectivity index (χ3v) is 4.51. The number of hydrogen-bond acceptors (Lipinski definition) is 4. The lowest BCUT2D eigenvalue weighted by Gasteiger charge is -2.11. The zero-order valence-electron chi connectivity index (χ0n) is 15.8. The lowest BCUT2D eigenvalue weighted by molar-refractivity contribution is -0.140. The van der Waals surface area contributed by atoms with Gasteiger partial charge >= 0.3 is 6.18 Å². The van der Waals surface area contributed by atoms with Gasteiger partial charge in [-0.3, -0.25) is 0 Å². The molecule has 0 saturated carbocycles. The van der Waals surface area contributed by atoms with Crippen molar-refractivity contribution in [2.75, 3.05) is 19.7 Å². The number of rotatable bonds is 10. The van der Waals surface area contributed by atoms with Crippen LogP contribution in [0.4, 0.5) is 13.2 Å². The summed E-state index contributed by atoms with van der Waals surface area (Å²) < 4.78 is 43.4. The fourth-order valence-electron chi connectivity index (χ4n) is 2.30. The van der Waals surface area contributed by atoms with Crippen molar-refractivity contribution in [1.82, 2.24) is 15.6 Å². The molecule has 2 N–H and O–H groups in total. The van der Waals surface area contributed by atoms with Gasteiger partial charge in [0.15, 0.2) is 11.7 Å². The van der Waals surface area contributed by atoms with E-state index < -0.39 is 11.9 Å². The topological polar surface area (TPSA) is 58.5 Å². The highest BCUT2D eigenvalue weighted by molar-refractivity contribution is 7.09. The van der Waals surface area contributed by atoms with Crippen molar-refractivity contribution in [2.24, 2.45) is 4.99 Å². The van der Waals surface area contributed by atoms with E-state index in [4.69, 9.17) is 4.74 Å². The van der Waals surface area contributed by atoms with E-state index in [1.165, 1.54) is 0 Å². The first-order valence-corrected chi connectivity index (χ1v) is 10.0. The molecule has 0 bridgehead atoms. The summed E-state index contributed by atoms with van der Waals surface area (Å²) in [5.74, 6) is 0.566. The van der Waals surface area contributed by atoms with Gasteiger partial charge in [0.25, 0.3) is 0 Å². The smallest absolute Gasteiger partial charge is 0.377 e.